The highest BCUT2D eigenvalue weighted by atomic mass is 15.0. The molecule has 0 spiro atoms. The van der Waals surface area contributed by atoms with Gasteiger partial charge in [-0.05, 0) is 85.6 Å². The van der Waals surface area contributed by atoms with Gasteiger partial charge in [-0.25, -0.2) is 14.8 Å². The minimum absolute atomic E-state index is 0.551. The number of benzene rings is 7. The summed E-state index contributed by atoms with van der Waals surface area (Å²) in [6, 6.07) is 57.9. The molecule has 5 heteroatoms. The van der Waals surface area contributed by atoms with Gasteiger partial charge in [-0.15, -0.1) is 0 Å². The summed E-state index contributed by atoms with van der Waals surface area (Å²) in [7, 11) is 0. The summed E-state index contributed by atoms with van der Waals surface area (Å²) in [6.07, 6.45) is 0. The van der Waals surface area contributed by atoms with Crippen molar-refractivity contribution in [2.45, 2.75) is 13.8 Å². The van der Waals surface area contributed by atoms with E-state index in [9.17, 15) is 5.26 Å². The summed E-state index contributed by atoms with van der Waals surface area (Å²) in [5, 5.41) is 12.4. The van der Waals surface area contributed by atoms with E-state index in [0.717, 1.165) is 77.8 Å². The number of nitriles is 1. The molecular weight excluding hydrogens is 671 g/mol. The lowest BCUT2D eigenvalue weighted by atomic mass is 9.91. The normalized spacial score (nSPS) is 11.1. The molecule has 9 aromatic rings. The fourth-order valence-corrected chi connectivity index (χ4v) is 7.52. The number of fused-ring (bicyclic) bond motifs is 3. The van der Waals surface area contributed by atoms with Gasteiger partial charge >= 0.3 is 0 Å². The maximum Gasteiger partial charge on any atom is 0.187 e. The molecule has 9 rings (SSSR count). The Kier molecular flexibility index (Phi) is 8.31. The van der Waals surface area contributed by atoms with E-state index in [4.69, 9.17) is 16.5 Å². The van der Waals surface area contributed by atoms with Crippen molar-refractivity contribution in [2.24, 2.45) is 0 Å². The van der Waals surface area contributed by atoms with E-state index in [0.29, 0.717) is 17.1 Å². The molecule has 0 unspecified atom stereocenters. The lowest BCUT2D eigenvalue weighted by molar-refractivity contribution is 1.17. The van der Waals surface area contributed by atoms with Crippen molar-refractivity contribution in [1.82, 2.24) is 14.5 Å². The van der Waals surface area contributed by atoms with Crippen LogP contribution in [0.25, 0.3) is 88.5 Å². The second-order valence-corrected chi connectivity index (χ2v) is 13.8. The lowest BCUT2D eigenvalue weighted by Crippen LogP contribution is -2.03. The quantitative estimate of drug-likeness (QED) is 0.162. The summed E-state index contributed by atoms with van der Waals surface area (Å²) < 4.78 is 2.35. The molecule has 0 aliphatic heterocycles. The molecule has 0 atom stereocenters. The zero-order chi connectivity index (χ0) is 37.5. The lowest BCUT2D eigenvalue weighted by Gasteiger charge is -2.21. The van der Waals surface area contributed by atoms with Gasteiger partial charge in [0.2, 0.25) is 0 Å². The molecule has 0 saturated heterocycles. The Balaban J connectivity index is 1.44. The van der Waals surface area contributed by atoms with E-state index in [1.807, 2.05) is 84.9 Å². The molecule has 7 aromatic carbocycles. The van der Waals surface area contributed by atoms with Crippen LogP contribution in [-0.4, -0.2) is 14.5 Å². The molecule has 5 nitrogen and oxygen atoms in total. The number of rotatable bonds is 6. The van der Waals surface area contributed by atoms with Crippen molar-refractivity contribution in [1.29, 1.82) is 5.26 Å². The van der Waals surface area contributed by atoms with Crippen molar-refractivity contribution in [3.63, 3.8) is 0 Å². The van der Waals surface area contributed by atoms with Gasteiger partial charge in [0.05, 0.1) is 46.3 Å². The van der Waals surface area contributed by atoms with E-state index in [1.54, 1.807) is 0 Å². The highest BCUT2D eigenvalue weighted by molar-refractivity contribution is 6.11. The minimum atomic E-state index is 0.551. The van der Waals surface area contributed by atoms with Crippen molar-refractivity contribution in [2.75, 3.05) is 0 Å². The Bertz CT molecular complexity index is 2820. The fourth-order valence-electron chi connectivity index (χ4n) is 7.52. The highest BCUT2D eigenvalue weighted by Crippen LogP contribution is 2.45. The van der Waals surface area contributed by atoms with Gasteiger partial charge in [-0.2, -0.15) is 5.26 Å². The van der Waals surface area contributed by atoms with Crippen LogP contribution in [0.1, 0.15) is 16.7 Å². The first-order valence-corrected chi connectivity index (χ1v) is 18.2. The monoisotopic (exact) mass is 703 g/mol. The van der Waals surface area contributed by atoms with Crippen LogP contribution in [-0.2, 0) is 0 Å². The molecule has 2 aromatic heterocycles. The molecule has 0 radical (unpaired) electrons. The minimum Gasteiger partial charge on any atom is -0.308 e. The molecule has 2 heterocycles. The van der Waals surface area contributed by atoms with Crippen LogP contribution in [0, 0.1) is 31.8 Å². The Labute approximate surface area is 319 Å². The number of nitrogens with zero attached hydrogens (tertiary/aromatic N) is 5. The van der Waals surface area contributed by atoms with Gasteiger partial charge < -0.3 is 4.57 Å². The van der Waals surface area contributed by atoms with Crippen LogP contribution in [0.15, 0.2) is 164 Å². The van der Waals surface area contributed by atoms with E-state index < -0.39 is 0 Å². The zero-order valence-corrected chi connectivity index (χ0v) is 30.3. The van der Waals surface area contributed by atoms with Crippen LogP contribution in [0.3, 0.4) is 0 Å². The summed E-state index contributed by atoms with van der Waals surface area (Å²) in [6.45, 7) is 12.2. The average Bonchev–Trinajstić information content (AvgIpc) is 3.55. The topological polar surface area (TPSA) is 58.9 Å². The maximum atomic E-state index is 10.1. The molecule has 0 aliphatic carbocycles. The third-order valence-electron chi connectivity index (χ3n) is 10.1. The first-order chi connectivity index (χ1) is 27.0. The Morgan fingerprint density at radius 2 is 1.07 bits per heavy atom. The fraction of sp³-hybridized carbons (Fsp3) is 0.0400. The van der Waals surface area contributed by atoms with Crippen molar-refractivity contribution < 1.29 is 0 Å². The molecule has 258 valence electrons. The number of hydrogen-bond donors (Lipinski definition) is 0. The Morgan fingerprint density at radius 1 is 0.527 bits per heavy atom. The van der Waals surface area contributed by atoms with Gasteiger partial charge in [0.1, 0.15) is 0 Å². The first kappa shape index (κ1) is 33.3. The largest absolute Gasteiger partial charge is 0.308 e. The van der Waals surface area contributed by atoms with Crippen LogP contribution in [0.2, 0.25) is 0 Å². The molecule has 0 fully saturated rings. The number of hydrogen-bond acceptors (Lipinski definition) is 3. The smallest absolute Gasteiger partial charge is 0.187 e. The summed E-state index contributed by atoms with van der Waals surface area (Å²) in [5.41, 5.74) is 14.6. The third kappa shape index (κ3) is 6.11. The van der Waals surface area contributed by atoms with Crippen molar-refractivity contribution in [3.05, 3.63) is 192 Å². The molecule has 0 saturated carbocycles. The third-order valence-corrected chi connectivity index (χ3v) is 10.1. The van der Waals surface area contributed by atoms with Gasteiger partial charge in [-0.3, -0.25) is 0 Å². The Morgan fingerprint density at radius 3 is 1.67 bits per heavy atom. The maximum absolute atomic E-state index is 10.1. The van der Waals surface area contributed by atoms with Crippen LogP contribution in [0.5, 0.6) is 0 Å². The standard InChI is InChI=1S/C50H33N5/c1-32-20-22-47-43(24-32)44-25-33(2)21-23-48(44)55(47)49-41(37-17-10-12-34(26-37)31-51)28-39(29-42(49)38-18-11-19-40(27-38)52-3)46-30-45(35-13-6-4-7-14-35)53-50(54-46)36-15-8-5-9-16-36/h4-30H,1-2H3. The molecular formula is C50H33N5. The molecule has 0 aliphatic rings. The van der Waals surface area contributed by atoms with Crippen molar-refractivity contribution in [3.8, 4) is 67.9 Å². The van der Waals surface area contributed by atoms with Gasteiger partial charge in [0.15, 0.2) is 11.5 Å². The summed E-state index contributed by atoms with van der Waals surface area (Å²) in [4.78, 5) is 14.1. The number of aromatic nitrogens is 3. The average molecular weight is 704 g/mol. The predicted molar refractivity (Wildman–Crippen MR) is 224 cm³/mol. The highest BCUT2D eigenvalue weighted by Gasteiger charge is 2.23. The van der Waals surface area contributed by atoms with Gasteiger partial charge in [0, 0.05) is 38.6 Å². The Hall–Kier alpha value is -7.60. The molecule has 0 N–H and O–H groups in total. The zero-order valence-electron chi connectivity index (χ0n) is 30.3. The second kappa shape index (κ2) is 13.7. The second-order valence-electron chi connectivity index (χ2n) is 13.8. The predicted octanol–water partition coefficient (Wildman–Crippen LogP) is 12.9. The summed E-state index contributed by atoms with van der Waals surface area (Å²) >= 11 is 0. The summed E-state index contributed by atoms with van der Waals surface area (Å²) in [5.74, 6) is 0.624. The van der Waals surface area contributed by atoms with Crippen LogP contribution < -0.4 is 0 Å². The number of aryl methyl sites for hydroxylation is 2. The van der Waals surface area contributed by atoms with Crippen LogP contribution >= 0.6 is 0 Å². The van der Waals surface area contributed by atoms with E-state index in [1.165, 1.54) is 11.1 Å². The molecule has 55 heavy (non-hydrogen) atoms. The molecule has 0 amide bonds. The van der Waals surface area contributed by atoms with E-state index in [-0.39, 0.29) is 0 Å². The van der Waals surface area contributed by atoms with Gasteiger partial charge in [-0.1, -0.05) is 114 Å². The molecule has 0 bridgehead atoms. The first-order valence-electron chi connectivity index (χ1n) is 18.2. The van der Waals surface area contributed by atoms with E-state index >= 15 is 0 Å². The SMILES string of the molecule is [C-]#[N+]c1cccc(-c2cc(-c3cc(-c4ccccc4)nc(-c4ccccc4)n3)cc(-c3cccc(C#N)c3)c2-n2c3ccc(C)cc3c3cc(C)ccc32)c1. The van der Waals surface area contributed by atoms with E-state index in [2.05, 4.69) is 108 Å². The van der Waals surface area contributed by atoms with Crippen LogP contribution in [0.4, 0.5) is 5.69 Å². The van der Waals surface area contributed by atoms with Crippen molar-refractivity contribution >= 4 is 27.5 Å². The van der Waals surface area contributed by atoms with Gasteiger partial charge in [0.25, 0.3) is 0 Å².